The summed E-state index contributed by atoms with van der Waals surface area (Å²) in [5, 5.41) is 2.58. The lowest BCUT2D eigenvalue weighted by Gasteiger charge is -2.25. The molecule has 0 aromatic carbocycles. The molecule has 0 saturated carbocycles. The minimum atomic E-state index is -0.252. The number of hydrogen-bond acceptors (Lipinski definition) is 2. The molecule has 2 amide bonds. The Morgan fingerprint density at radius 1 is 1.38 bits per heavy atom. The smallest absolute Gasteiger partial charge is 0.242 e. The van der Waals surface area contributed by atoms with Crippen LogP contribution in [0.25, 0.3) is 0 Å². The van der Waals surface area contributed by atoms with Gasteiger partial charge in [0, 0.05) is 20.0 Å². The van der Waals surface area contributed by atoms with Crippen molar-refractivity contribution in [3.05, 3.63) is 0 Å². The van der Waals surface area contributed by atoms with Crippen LogP contribution in [0.3, 0.4) is 0 Å². The number of likely N-dealkylation sites (tertiary alicyclic amines) is 1. The van der Waals surface area contributed by atoms with Gasteiger partial charge >= 0.3 is 0 Å². The van der Waals surface area contributed by atoms with E-state index < -0.39 is 0 Å². The molecule has 1 rings (SSSR count). The summed E-state index contributed by atoms with van der Waals surface area (Å²) in [5.74, 6) is -0.0712. The van der Waals surface area contributed by atoms with Gasteiger partial charge in [0.2, 0.25) is 11.8 Å². The Morgan fingerprint density at radius 2 is 2.00 bits per heavy atom. The van der Waals surface area contributed by atoms with E-state index in [-0.39, 0.29) is 23.9 Å². The van der Waals surface area contributed by atoms with Gasteiger partial charge in [-0.25, -0.2) is 0 Å². The van der Waals surface area contributed by atoms with Gasteiger partial charge < -0.3 is 10.2 Å². The summed E-state index contributed by atoms with van der Waals surface area (Å²) in [5.41, 5.74) is 0. The molecule has 0 aromatic rings. The molecule has 0 aromatic heterocycles. The molecule has 1 saturated heterocycles. The summed E-state index contributed by atoms with van der Waals surface area (Å²) in [7, 11) is 1.60. The van der Waals surface area contributed by atoms with Crippen molar-refractivity contribution in [3.8, 4) is 0 Å². The number of nitrogens with zero attached hydrogens (tertiary/aromatic N) is 1. The first-order valence-electron chi connectivity index (χ1n) is 4.58. The van der Waals surface area contributed by atoms with Crippen LogP contribution in [-0.4, -0.2) is 35.8 Å². The van der Waals surface area contributed by atoms with Crippen LogP contribution in [0.4, 0.5) is 0 Å². The van der Waals surface area contributed by atoms with E-state index in [4.69, 9.17) is 0 Å². The molecule has 0 aliphatic carbocycles. The summed E-state index contributed by atoms with van der Waals surface area (Å²) in [6, 6.07) is -0.0581. The van der Waals surface area contributed by atoms with Crippen molar-refractivity contribution in [2.45, 2.75) is 38.8 Å². The number of carbonyl (C=O) groups is 2. The first-order valence-corrected chi connectivity index (χ1v) is 4.58. The Bertz CT molecular complexity index is 228. The molecular formula is C9H16N2O2. The largest absolute Gasteiger partial charge is 0.357 e. The Morgan fingerprint density at radius 3 is 2.46 bits per heavy atom. The molecule has 0 bridgehead atoms. The number of rotatable bonds is 1. The molecule has 1 N–H and O–H groups in total. The number of likely N-dealkylation sites (N-methyl/N-ethyl adjacent to an activating group) is 1. The molecule has 4 heteroatoms. The highest BCUT2D eigenvalue weighted by atomic mass is 16.2. The third-order valence-electron chi connectivity index (χ3n) is 2.58. The van der Waals surface area contributed by atoms with E-state index in [1.165, 1.54) is 6.92 Å². The Kier molecular flexibility index (Phi) is 2.90. The van der Waals surface area contributed by atoms with Gasteiger partial charge in [-0.15, -0.1) is 0 Å². The van der Waals surface area contributed by atoms with Gasteiger partial charge in [0.05, 0.1) is 0 Å². The summed E-state index contributed by atoms with van der Waals surface area (Å²) >= 11 is 0. The number of nitrogens with one attached hydrogen (secondary N) is 1. The fraction of sp³-hybridized carbons (Fsp3) is 0.778. The van der Waals surface area contributed by atoms with E-state index in [0.717, 1.165) is 12.8 Å². The number of amides is 2. The molecule has 74 valence electrons. The molecular weight excluding hydrogens is 168 g/mol. The predicted molar refractivity (Wildman–Crippen MR) is 49.1 cm³/mol. The molecule has 13 heavy (non-hydrogen) atoms. The third-order valence-corrected chi connectivity index (χ3v) is 2.58. The lowest BCUT2D eigenvalue weighted by molar-refractivity contribution is -0.138. The summed E-state index contributed by atoms with van der Waals surface area (Å²) in [6.45, 7) is 3.49. The molecule has 1 aliphatic heterocycles. The number of hydrogen-bond donors (Lipinski definition) is 1. The lowest BCUT2D eigenvalue weighted by Crippen LogP contribution is -2.46. The lowest BCUT2D eigenvalue weighted by atomic mass is 10.2. The van der Waals surface area contributed by atoms with Crippen molar-refractivity contribution in [2.75, 3.05) is 7.05 Å². The fourth-order valence-electron chi connectivity index (χ4n) is 1.94. The zero-order chi connectivity index (χ0) is 10.0. The Balaban J connectivity index is 2.75. The van der Waals surface area contributed by atoms with Gasteiger partial charge in [-0.2, -0.15) is 0 Å². The van der Waals surface area contributed by atoms with Crippen molar-refractivity contribution in [2.24, 2.45) is 0 Å². The second-order valence-electron chi connectivity index (χ2n) is 3.48. The van der Waals surface area contributed by atoms with Gasteiger partial charge in [-0.1, -0.05) is 0 Å². The molecule has 2 atom stereocenters. The summed E-state index contributed by atoms with van der Waals surface area (Å²) < 4.78 is 0. The van der Waals surface area contributed by atoms with Crippen LogP contribution in [0, 0.1) is 0 Å². The van der Waals surface area contributed by atoms with Crippen molar-refractivity contribution in [1.29, 1.82) is 0 Å². The quantitative estimate of drug-likeness (QED) is 0.630. The monoisotopic (exact) mass is 184 g/mol. The number of carbonyl (C=O) groups excluding carboxylic acids is 2. The van der Waals surface area contributed by atoms with Crippen LogP contribution in [0.15, 0.2) is 0 Å². The molecule has 0 radical (unpaired) electrons. The van der Waals surface area contributed by atoms with Crippen molar-refractivity contribution in [3.63, 3.8) is 0 Å². The predicted octanol–water partition coefficient (Wildman–Crippen LogP) is 0.132. The first-order chi connectivity index (χ1) is 6.07. The van der Waals surface area contributed by atoms with Crippen LogP contribution >= 0.6 is 0 Å². The average molecular weight is 184 g/mol. The van der Waals surface area contributed by atoms with Gasteiger partial charge in [0.25, 0.3) is 0 Å². The van der Waals surface area contributed by atoms with Gasteiger partial charge in [0.15, 0.2) is 0 Å². The van der Waals surface area contributed by atoms with Crippen LogP contribution in [0.2, 0.25) is 0 Å². The van der Waals surface area contributed by atoms with Crippen LogP contribution < -0.4 is 5.32 Å². The highest BCUT2D eigenvalue weighted by molar-refractivity contribution is 5.87. The SMILES string of the molecule is CNC(=O)[C@H]1CC[C@@H](C)N1C(C)=O. The topological polar surface area (TPSA) is 49.4 Å². The van der Waals surface area contributed by atoms with Crippen molar-refractivity contribution < 1.29 is 9.59 Å². The minimum absolute atomic E-state index is 0.0152. The first kappa shape index (κ1) is 10.0. The zero-order valence-corrected chi connectivity index (χ0v) is 8.33. The normalized spacial score (nSPS) is 27.5. The van der Waals surface area contributed by atoms with Crippen LogP contribution in [0.1, 0.15) is 26.7 Å². The molecule has 4 nitrogen and oxygen atoms in total. The third kappa shape index (κ3) is 1.82. The maximum absolute atomic E-state index is 11.4. The van der Waals surface area contributed by atoms with Crippen LogP contribution in [-0.2, 0) is 9.59 Å². The molecule has 1 heterocycles. The highest BCUT2D eigenvalue weighted by Crippen LogP contribution is 2.23. The second kappa shape index (κ2) is 3.77. The minimum Gasteiger partial charge on any atom is -0.357 e. The summed E-state index contributed by atoms with van der Waals surface area (Å²) in [6.07, 6.45) is 1.69. The van der Waals surface area contributed by atoms with E-state index >= 15 is 0 Å². The van der Waals surface area contributed by atoms with Crippen LogP contribution in [0.5, 0.6) is 0 Å². The maximum atomic E-state index is 11.4. The van der Waals surface area contributed by atoms with Crippen molar-refractivity contribution in [1.82, 2.24) is 10.2 Å². The van der Waals surface area contributed by atoms with E-state index in [0.29, 0.717) is 0 Å². The van der Waals surface area contributed by atoms with Gasteiger partial charge in [0.1, 0.15) is 6.04 Å². The second-order valence-corrected chi connectivity index (χ2v) is 3.48. The van der Waals surface area contributed by atoms with Gasteiger partial charge in [-0.05, 0) is 19.8 Å². The van der Waals surface area contributed by atoms with E-state index in [2.05, 4.69) is 5.32 Å². The molecule has 0 spiro atoms. The van der Waals surface area contributed by atoms with E-state index in [9.17, 15) is 9.59 Å². The Hall–Kier alpha value is -1.06. The molecule has 1 fully saturated rings. The molecule has 0 unspecified atom stereocenters. The summed E-state index contributed by atoms with van der Waals surface area (Å²) in [4.78, 5) is 24.3. The fourth-order valence-corrected chi connectivity index (χ4v) is 1.94. The average Bonchev–Trinajstić information content (AvgIpc) is 2.45. The maximum Gasteiger partial charge on any atom is 0.242 e. The zero-order valence-electron chi connectivity index (χ0n) is 8.33. The molecule has 1 aliphatic rings. The highest BCUT2D eigenvalue weighted by Gasteiger charge is 2.36. The van der Waals surface area contributed by atoms with Crippen molar-refractivity contribution >= 4 is 11.8 Å². The van der Waals surface area contributed by atoms with Gasteiger partial charge in [-0.3, -0.25) is 9.59 Å². The van der Waals surface area contributed by atoms with E-state index in [1.807, 2.05) is 6.92 Å². The van der Waals surface area contributed by atoms with E-state index in [1.54, 1.807) is 11.9 Å². The Labute approximate surface area is 78.3 Å². The standard InChI is InChI=1S/C9H16N2O2/c1-6-4-5-8(9(13)10-3)11(6)7(2)12/h6,8H,4-5H2,1-3H3,(H,10,13)/t6-,8-/m1/s1.